The van der Waals surface area contributed by atoms with Crippen molar-refractivity contribution in [3.63, 3.8) is 0 Å². The summed E-state index contributed by atoms with van der Waals surface area (Å²) in [6, 6.07) is 4.73. The molecule has 0 aliphatic heterocycles. The first kappa shape index (κ1) is 20.7. The second-order valence-corrected chi connectivity index (χ2v) is 7.14. The first-order chi connectivity index (χ1) is 12.9. The number of methoxy groups -OCH3 is 3. The van der Waals surface area contributed by atoms with Crippen LogP contribution in [0.1, 0.15) is 30.8 Å². The minimum Gasteiger partial charge on any atom is -0.493 e. The third kappa shape index (κ3) is 5.19. The van der Waals surface area contributed by atoms with Crippen LogP contribution in [-0.2, 0) is 9.53 Å². The lowest BCUT2D eigenvalue weighted by Gasteiger charge is -2.17. The lowest BCUT2D eigenvalue weighted by molar-refractivity contribution is -0.143. The standard InChI is InChI=1S/C19H24N2O5S/c1-11(2)8-13(19(23)26-5)20-17(22)14-10-27-18(21-14)12-6-7-15(24-3)16(9-12)25-4/h6-7,9-11,13H,8H2,1-5H3,(H,20,22)/t13-/m0/s1. The maximum absolute atomic E-state index is 12.5. The van der Waals surface area contributed by atoms with Gasteiger partial charge in [0.05, 0.1) is 21.3 Å². The van der Waals surface area contributed by atoms with Gasteiger partial charge in [-0.05, 0) is 30.5 Å². The minimum atomic E-state index is -0.700. The van der Waals surface area contributed by atoms with E-state index >= 15 is 0 Å². The van der Waals surface area contributed by atoms with Gasteiger partial charge in [0, 0.05) is 10.9 Å². The molecule has 0 aliphatic rings. The number of ether oxygens (including phenoxy) is 3. The fraction of sp³-hybridized carbons (Fsp3) is 0.421. The zero-order valence-electron chi connectivity index (χ0n) is 16.1. The Morgan fingerprint density at radius 1 is 1.15 bits per heavy atom. The Labute approximate surface area is 162 Å². The predicted molar refractivity (Wildman–Crippen MR) is 103 cm³/mol. The SMILES string of the molecule is COC(=O)[C@H](CC(C)C)NC(=O)c1csc(-c2ccc(OC)c(OC)c2)n1. The van der Waals surface area contributed by atoms with E-state index in [1.54, 1.807) is 31.7 Å². The van der Waals surface area contributed by atoms with Crippen molar-refractivity contribution in [1.82, 2.24) is 10.3 Å². The molecule has 0 aliphatic carbocycles. The molecule has 27 heavy (non-hydrogen) atoms. The highest BCUT2D eigenvalue weighted by Gasteiger charge is 2.24. The van der Waals surface area contributed by atoms with E-state index in [2.05, 4.69) is 10.3 Å². The van der Waals surface area contributed by atoms with Gasteiger partial charge in [-0.3, -0.25) is 4.79 Å². The van der Waals surface area contributed by atoms with Gasteiger partial charge in [-0.1, -0.05) is 13.8 Å². The van der Waals surface area contributed by atoms with Crippen molar-refractivity contribution < 1.29 is 23.8 Å². The maximum atomic E-state index is 12.5. The quantitative estimate of drug-likeness (QED) is 0.695. The normalized spacial score (nSPS) is 11.8. The van der Waals surface area contributed by atoms with Gasteiger partial charge in [-0.2, -0.15) is 0 Å². The number of amides is 1. The fourth-order valence-electron chi connectivity index (χ4n) is 2.54. The number of aromatic nitrogens is 1. The summed E-state index contributed by atoms with van der Waals surface area (Å²) in [5, 5.41) is 5.03. The lowest BCUT2D eigenvalue weighted by atomic mass is 10.0. The van der Waals surface area contributed by atoms with E-state index in [-0.39, 0.29) is 11.6 Å². The second kappa shape index (κ2) is 9.36. The number of rotatable bonds is 8. The average molecular weight is 392 g/mol. The van der Waals surface area contributed by atoms with Gasteiger partial charge in [0.15, 0.2) is 11.5 Å². The van der Waals surface area contributed by atoms with Crippen LogP contribution in [0.4, 0.5) is 0 Å². The summed E-state index contributed by atoms with van der Waals surface area (Å²) in [5.74, 6) is 0.554. The van der Waals surface area contributed by atoms with E-state index in [0.29, 0.717) is 22.9 Å². The summed E-state index contributed by atoms with van der Waals surface area (Å²) in [4.78, 5) is 28.8. The Bertz CT molecular complexity index is 803. The van der Waals surface area contributed by atoms with Crippen molar-refractivity contribution >= 4 is 23.2 Å². The molecule has 1 atom stereocenters. The van der Waals surface area contributed by atoms with Crippen LogP contribution < -0.4 is 14.8 Å². The second-order valence-electron chi connectivity index (χ2n) is 6.29. The van der Waals surface area contributed by atoms with Gasteiger partial charge < -0.3 is 19.5 Å². The molecule has 1 heterocycles. The number of benzene rings is 1. The Morgan fingerprint density at radius 2 is 1.85 bits per heavy atom. The third-order valence-electron chi connectivity index (χ3n) is 3.87. The molecule has 1 aromatic carbocycles. The van der Waals surface area contributed by atoms with Crippen molar-refractivity contribution in [2.24, 2.45) is 5.92 Å². The van der Waals surface area contributed by atoms with Crippen LogP contribution in [-0.4, -0.2) is 44.2 Å². The van der Waals surface area contributed by atoms with E-state index in [1.165, 1.54) is 18.4 Å². The molecule has 0 spiro atoms. The van der Waals surface area contributed by atoms with Gasteiger partial charge in [0.1, 0.15) is 16.7 Å². The molecule has 0 unspecified atom stereocenters. The summed E-state index contributed by atoms with van der Waals surface area (Å²) in [5.41, 5.74) is 1.06. The predicted octanol–water partition coefficient (Wildman–Crippen LogP) is 3.14. The molecule has 1 N–H and O–H groups in total. The molecular weight excluding hydrogens is 368 g/mol. The molecule has 7 nitrogen and oxygen atoms in total. The minimum absolute atomic E-state index is 0.229. The van der Waals surface area contributed by atoms with Crippen LogP contribution in [0.25, 0.3) is 10.6 Å². The molecule has 2 aromatic rings. The number of nitrogens with one attached hydrogen (secondary N) is 1. The van der Waals surface area contributed by atoms with E-state index in [4.69, 9.17) is 14.2 Å². The van der Waals surface area contributed by atoms with Crippen LogP contribution >= 0.6 is 11.3 Å². The largest absolute Gasteiger partial charge is 0.493 e. The Hall–Kier alpha value is -2.61. The number of esters is 1. The van der Waals surface area contributed by atoms with Crippen LogP contribution in [0.15, 0.2) is 23.6 Å². The summed E-state index contributed by atoms with van der Waals surface area (Å²) >= 11 is 1.33. The smallest absolute Gasteiger partial charge is 0.328 e. The van der Waals surface area contributed by atoms with Crippen molar-refractivity contribution in [3.8, 4) is 22.1 Å². The molecule has 0 fully saturated rings. The number of hydrogen-bond donors (Lipinski definition) is 1. The number of nitrogens with zero attached hydrogens (tertiary/aromatic N) is 1. The van der Waals surface area contributed by atoms with E-state index in [1.807, 2.05) is 19.9 Å². The highest BCUT2D eigenvalue weighted by Crippen LogP contribution is 2.33. The van der Waals surface area contributed by atoms with Crippen LogP contribution in [0, 0.1) is 5.92 Å². The van der Waals surface area contributed by atoms with Gasteiger partial charge in [-0.25, -0.2) is 9.78 Å². The first-order valence-corrected chi connectivity index (χ1v) is 9.34. The summed E-state index contributed by atoms with van der Waals surface area (Å²) in [6.45, 7) is 3.94. The summed E-state index contributed by atoms with van der Waals surface area (Å²) < 4.78 is 15.3. The zero-order chi connectivity index (χ0) is 20.0. The zero-order valence-corrected chi connectivity index (χ0v) is 16.9. The molecule has 1 amide bonds. The number of hydrogen-bond acceptors (Lipinski definition) is 7. The highest BCUT2D eigenvalue weighted by molar-refractivity contribution is 7.13. The molecule has 1 aromatic heterocycles. The average Bonchev–Trinajstić information content (AvgIpc) is 3.16. The Balaban J connectivity index is 2.18. The molecule has 146 valence electrons. The number of thiazole rings is 1. The van der Waals surface area contributed by atoms with Crippen LogP contribution in [0.3, 0.4) is 0 Å². The van der Waals surface area contributed by atoms with Crippen molar-refractivity contribution in [1.29, 1.82) is 0 Å². The van der Waals surface area contributed by atoms with Gasteiger partial charge in [-0.15, -0.1) is 11.3 Å². The Kier molecular flexibility index (Phi) is 7.18. The fourth-order valence-corrected chi connectivity index (χ4v) is 3.34. The van der Waals surface area contributed by atoms with E-state index in [9.17, 15) is 9.59 Å². The first-order valence-electron chi connectivity index (χ1n) is 8.46. The Morgan fingerprint density at radius 3 is 2.44 bits per heavy atom. The number of carbonyl (C=O) groups is 2. The summed E-state index contributed by atoms with van der Waals surface area (Å²) in [6.07, 6.45) is 0.491. The maximum Gasteiger partial charge on any atom is 0.328 e. The van der Waals surface area contributed by atoms with Crippen molar-refractivity contribution in [2.75, 3.05) is 21.3 Å². The molecular formula is C19H24N2O5S. The van der Waals surface area contributed by atoms with Crippen LogP contribution in [0.2, 0.25) is 0 Å². The van der Waals surface area contributed by atoms with E-state index < -0.39 is 17.9 Å². The van der Waals surface area contributed by atoms with Crippen LogP contribution in [0.5, 0.6) is 11.5 Å². The monoisotopic (exact) mass is 392 g/mol. The molecule has 2 rings (SSSR count). The van der Waals surface area contributed by atoms with E-state index in [0.717, 1.165) is 5.56 Å². The van der Waals surface area contributed by atoms with Gasteiger partial charge in [0.2, 0.25) is 0 Å². The molecule has 0 radical (unpaired) electrons. The number of carbonyl (C=O) groups excluding carboxylic acids is 2. The van der Waals surface area contributed by atoms with Crippen molar-refractivity contribution in [3.05, 3.63) is 29.3 Å². The van der Waals surface area contributed by atoms with Gasteiger partial charge >= 0.3 is 5.97 Å². The topological polar surface area (TPSA) is 86.8 Å². The molecule has 0 bridgehead atoms. The third-order valence-corrected chi connectivity index (χ3v) is 4.76. The lowest BCUT2D eigenvalue weighted by Crippen LogP contribution is -2.42. The molecule has 0 saturated heterocycles. The van der Waals surface area contributed by atoms with Crippen molar-refractivity contribution in [2.45, 2.75) is 26.3 Å². The summed E-state index contributed by atoms with van der Waals surface area (Å²) in [7, 11) is 4.43. The molecule has 0 saturated carbocycles. The molecule has 8 heteroatoms. The van der Waals surface area contributed by atoms with Gasteiger partial charge in [0.25, 0.3) is 5.91 Å². The highest BCUT2D eigenvalue weighted by atomic mass is 32.1.